The van der Waals surface area contributed by atoms with E-state index in [2.05, 4.69) is 4.90 Å². The number of carbonyl (C=O) groups is 1. The van der Waals surface area contributed by atoms with Gasteiger partial charge in [-0.3, -0.25) is 4.79 Å². The Hall–Kier alpha value is -1.62. The van der Waals surface area contributed by atoms with Gasteiger partial charge in [-0.05, 0) is 45.3 Å². The molecule has 0 aromatic heterocycles. The van der Waals surface area contributed by atoms with Crippen LogP contribution in [-0.4, -0.2) is 49.9 Å². The lowest BCUT2D eigenvalue weighted by Crippen LogP contribution is -2.30. The summed E-state index contributed by atoms with van der Waals surface area (Å²) in [5, 5.41) is 0. The number of nitrogen functional groups attached to an aromatic ring is 1. The average Bonchev–Trinajstić information content (AvgIpc) is 2.30. The predicted octanol–water partition coefficient (Wildman–Crippen LogP) is 1.43. The summed E-state index contributed by atoms with van der Waals surface area (Å²) in [5.74, 6) is -0.694. The number of amides is 1. The number of benzene rings is 1. The van der Waals surface area contributed by atoms with Crippen molar-refractivity contribution in [3.63, 3.8) is 0 Å². The fraction of sp³-hybridized carbons (Fsp3) is 0.462. The molecule has 0 atom stereocenters. The van der Waals surface area contributed by atoms with Crippen molar-refractivity contribution in [3.05, 3.63) is 29.6 Å². The minimum atomic E-state index is -0.450. The minimum absolute atomic E-state index is 0.224. The van der Waals surface area contributed by atoms with E-state index in [0.717, 1.165) is 13.0 Å². The van der Waals surface area contributed by atoms with Crippen molar-refractivity contribution in [2.24, 2.45) is 0 Å². The molecule has 0 aliphatic heterocycles. The second kappa shape index (κ2) is 6.35. The molecular formula is C13H20FN3O. The maximum Gasteiger partial charge on any atom is 0.255 e. The fourth-order valence-electron chi connectivity index (χ4n) is 1.64. The van der Waals surface area contributed by atoms with Crippen LogP contribution in [0.5, 0.6) is 0 Å². The average molecular weight is 253 g/mol. The van der Waals surface area contributed by atoms with Gasteiger partial charge in [0, 0.05) is 19.3 Å². The monoisotopic (exact) mass is 253 g/mol. The molecule has 5 heteroatoms. The van der Waals surface area contributed by atoms with Crippen LogP contribution in [0.2, 0.25) is 0 Å². The highest BCUT2D eigenvalue weighted by Crippen LogP contribution is 2.15. The highest BCUT2D eigenvalue weighted by Gasteiger charge is 2.15. The molecule has 0 aliphatic carbocycles. The van der Waals surface area contributed by atoms with Crippen LogP contribution in [0.3, 0.4) is 0 Å². The van der Waals surface area contributed by atoms with Gasteiger partial charge in [0.2, 0.25) is 0 Å². The van der Waals surface area contributed by atoms with Gasteiger partial charge in [-0.15, -0.1) is 0 Å². The maximum atomic E-state index is 13.1. The third-order valence-corrected chi connectivity index (χ3v) is 2.69. The third kappa shape index (κ3) is 4.00. The van der Waals surface area contributed by atoms with E-state index in [4.69, 9.17) is 5.73 Å². The second-order valence-electron chi connectivity index (χ2n) is 4.62. The molecule has 0 unspecified atom stereocenters. The fourth-order valence-corrected chi connectivity index (χ4v) is 1.64. The predicted molar refractivity (Wildman–Crippen MR) is 70.9 cm³/mol. The number of halogens is 1. The first-order valence-corrected chi connectivity index (χ1v) is 5.87. The lowest BCUT2D eigenvalue weighted by molar-refractivity contribution is 0.0791. The molecule has 0 radical (unpaired) electrons. The number of nitrogens with two attached hydrogens (primary N) is 1. The van der Waals surface area contributed by atoms with Crippen molar-refractivity contribution >= 4 is 11.6 Å². The molecule has 4 nitrogen and oxygen atoms in total. The Morgan fingerprint density at radius 3 is 2.56 bits per heavy atom. The molecule has 2 N–H and O–H groups in total. The number of anilines is 1. The van der Waals surface area contributed by atoms with Crippen molar-refractivity contribution in [1.29, 1.82) is 0 Å². The van der Waals surface area contributed by atoms with Gasteiger partial charge in [0.25, 0.3) is 5.91 Å². The summed E-state index contributed by atoms with van der Waals surface area (Å²) < 4.78 is 13.1. The molecule has 0 bridgehead atoms. The number of hydrogen-bond donors (Lipinski definition) is 1. The Labute approximate surface area is 107 Å². The Bertz CT molecular complexity index is 421. The Morgan fingerprint density at radius 2 is 1.94 bits per heavy atom. The Morgan fingerprint density at radius 1 is 1.28 bits per heavy atom. The molecule has 0 spiro atoms. The molecule has 1 aromatic carbocycles. The molecule has 0 aliphatic rings. The largest absolute Gasteiger partial charge is 0.398 e. The van der Waals surface area contributed by atoms with Gasteiger partial charge in [-0.2, -0.15) is 0 Å². The van der Waals surface area contributed by atoms with Gasteiger partial charge in [0.1, 0.15) is 5.82 Å². The molecule has 18 heavy (non-hydrogen) atoms. The van der Waals surface area contributed by atoms with E-state index in [1.165, 1.54) is 18.2 Å². The summed E-state index contributed by atoms with van der Waals surface area (Å²) in [6, 6.07) is 3.84. The summed E-state index contributed by atoms with van der Waals surface area (Å²) in [6.45, 7) is 1.52. The molecule has 0 saturated heterocycles. The van der Waals surface area contributed by atoms with Crippen LogP contribution in [0, 0.1) is 5.82 Å². The SMILES string of the molecule is CN(C)CCCN(C)C(=O)c1cc(F)ccc1N. The summed E-state index contributed by atoms with van der Waals surface area (Å²) in [6.07, 6.45) is 0.866. The number of nitrogens with zero attached hydrogens (tertiary/aromatic N) is 2. The van der Waals surface area contributed by atoms with E-state index in [9.17, 15) is 9.18 Å². The van der Waals surface area contributed by atoms with Crippen molar-refractivity contribution in [1.82, 2.24) is 9.80 Å². The molecule has 1 aromatic rings. The van der Waals surface area contributed by atoms with Crippen LogP contribution in [0.15, 0.2) is 18.2 Å². The van der Waals surface area contributed by atoms with Crippen LogP contribution in [0.25, 0.3) is 0 Å². The van der Waals surface area contributed by atoms with E-state index in [1.807, 2.05) is 14.1 Å². The van der Waals surface area contributed by atoms with Gasteiger partial charge < -0.3 is 15.5 Å². The van der Waals surface area contributed by atoms with Crippen molar-refractivity contribution in [2.45, 2.75) is 6.42 Å². The molecule has 100 valence electrons. The van der Waals surface area contributed by atoms with Crippen LogP contribution in [0.1, 0.15) is 16.8 Å². The first-order chi connectivity index (χ1) is 8.41. The standard InChI is InChI=1S/C13H20FN3O/c1-16(2)7-4-8-17(3)13(18)11-9-10(14)5-6-12(11)15/h5-6,9H,4,7-8,15H2,1-3H3. The van der Waals surface area contributed by atoms with Gasteiger partial charge in [-0.25, -0.2) is 4.39 Å². The second-order valence-corrected chi connectivity index (χ2v) is 4.62. The van der Waals surface area contributed by atoms with Crippen LogP contribution < -0.4 is 5.73 Å². The third-order valence-electron chi connectivity index (χ3n) is 2.69. The minimum Gasteiger partial charge on any atom is -0.398 e. The number of rotatable bonds is 5. The smallest absolute Gasteiger partial charge is 0.255 e. The zero-order valence-corrected chi connectivity index (χ0v) is 11.1. The van der Waals surface area contributed by atoms with E-state index in [0.29, 0.717) is 12.2 Å². The Kier molecular flexibility index (Phi) is 5.09. The highest BCUT2D eigenvalue weighted by molar-refractivity contribution is 5.98. The molecular weight excluding hydrogens is 233 g/mol. The van der Waals surface area contributed by atoms with Gasteiger partial charge in [0.15, 0.2) is 0 Å². The molecule has 1 amide bonds. The molecule has 1 rings (SSSR count). The van der Waals surface area contributed by atoms with Crippen LogP contribution >= 0.6 is 0 Å². The van der Waals surface area contributed by atoms with Crippen LogP contribution in [-0.2, 0) is 0 Å². The zero-order valence-electron chi connectivity index (χ0n) is 11.1. The van der Waals surface area contributed by atoms with E-state index in [1.54, 1.807) is 11.9 Å². The first-order valence-electron chi connectivity index (χ1n) is 5.87. The lowest BCUT2D eigenvalue weighted by atomic mass is 10.1. The summed E-state index contributed by atoms with van der Waals surface area (Å²) in [7, 11) is 5.65. The van der Waals surface area contributed by atoms with Crippen molar-refractivity contribution in [3.8, 4) is 0 Å². The Balaban J connectivity index is 2.65. The van der Waals surface area contributed by atoms with Gasteiger partial charge >= 0.3 is 0 Å². The van der Waals surface area contributed by atoms with E-state index >= 15 is 0 Å². The van der Waals surface area contributed by atoms with E-state index in [-0.39, 0.29) is 11.5 Å². The molecule has 0 fully saturated rings. The van der Waals surface area contributed by atoms with Gasteiger partial charge in [-0.1, -0.05) is 0 Å². The lowest BCUT2D eigenvalue weighted by Gasteiger charge is -2.19. The summed E-state index contributed by atoms with van der Waals surface area (Å²) in [5.41, 5.74) is 6.21. The normalized spacial score (nSPS) is 10.7. The number of hydrogen-bond acceptors (Lipinski definition) is 3. The summed E-state index contributed by atoms with van der Waals surface area (Å²) in [4.78, 5) is 15.7. The van der Waals surface area contributed by atoms with Crippen molar-refractivity contribution in [2.75, 3.05) is 40.0 Å². The van der Waals surface area contributed by atoms with E-state index < -0.39 is 5.82 Å². The quantitative estimate of drug-likeness (QED) is 0.808. The maximum absolute atomic E-state index is 13.1. The topological polar surface area (TPSA) is 49.6 Å². The first kappa shape index (κ1) is 14.4. The van der Waals surface area contributed by atoms with Gasteiger partial charge in [0.05, 0.1) is 5.56 Å². The molecule has 0 saturated carbocycles. The summed E-state index contributed by atoms with van der Waals surface area (Å²) >= 11 is 0. The highest BCUT2D eigenvalue weighted by atomic mass is 19.1. The molecule has 0 heterocycles. The zero-order chi connectivity index (χ0) is 13.7. The number of carbonyl (C=O) groups excluding carboxylic acids is 1. The van der Waals surface area contributed by atoms with Crippen LogP contribution in [0.4, 0.5) is 10.1 Å². The van der Waals surface area contributed by atoms with Crippen molar-refractivity contribution < 1.29 is 9.18 Å².